The van der Waals surface area contributed by atoms with Crippen LogP contribution in [-0.4, -0.2) is 11.9 Å². The van der Waals surface area contributed by atoms with Crippen molar-refractivity contribution in [1.29, 1.82) is 5.26 Å². The first-order valence-electron chi connectivity index (χ1n) is 7.43. The lowest BCUT2D eigenvalue weighted by Crippen LogP contribution is -2.50. The lowest BCUT2D eigenvalue weighted by molar-refractivity contribution is -0.127. The van der Waals surface area contributed by atoms with Gasteiger partial charge in [-0.1, -0.05) is 20.8 Å². The molecule has 3 atom stereocenters. The van der Waals surface area contributed by atoms with Crippen LogP contribution in [0.15, 0.2) is 24.3 Å². The van der Waals surface area contributed by atoms with Gasteiger partial charge in [0.1, 0.15) is 0 Å². The van der Waals surface area contributed by atoms with E-state index in [-0.39, 0.29) is 23.3 Å². The van der Waals surface area contributed by atoms with E-state index in [1.165, 1.54) is 0 Å². The lowest BCUT2D eigenvalue weighted by Gasteiger charge is -2.46. The molecule has 0 aromatic heterocycles. The average molecular weight is 285 g/mol. The molecule has 21 heavy (non-hydrogen) atoms. The average Bonchev–Trinajstić information content (AvgIpc) is 2.45. The molecule has 112 valence electrons. The normalized spacial score (nSPS) is 27.7. The van der Waals surface area contributed by atoms with E-state index >= 15 is 0 Å². The summed E-state index contributed by atoms with van der Waals surface area (Å²) in [6.07, 6.45) is 1.71. The SMILES string of the molecule is CC1C(N)CCC(C(=O)Nc2ccc(C#N)cc2)C1(C)C. The minimum Gasteiger partial charge on any atom is -0.327 e. The molecule has 1 aliphatic carbocycles. The summed E-state index contributed by atoms with van der Waals surface area (Å²) in [5, 5.41) is 11.8. The Bertz CT molecular complexity index is 556. The fraction of sp³-hybridized carbons (Fsp3) is 0.529. The maximum atomic E-state index is 12.6. The molecule has 1 amide bonds. The third-order valence-corrected chi connectivity index (χ3v) is 5.10. The number of hydrogen-bond donors (Lipinski definition) is 2. The van der Waals surface area contributed by atoms with Crippen molar-refractivity contribution in [1.82, 2.24) is 0 Å². The van der Waals surface area contributed by atoms with Gasteiger partial charge in [0.25, 0.3) is 0 Å². The molecule has 0 bridgehead atoms. The summed E-state index contributed by atoms with van der Waals surface area (Å²) in [5.74, 6) is 0.314. The molecule has 3 unspecified atom stereocenters. The van der Waals surface area contributed by atoms with E-state index in [0.717, 1.165) is 18.5 Å². The number of hydrogen-bond acceptors (Lipinski definition) is 3. The van der Waals surface area contributed by atoms with Crippen LogP contribution in [0.3, 0.4) is 0 Å². The van der Waals surface area contributed by atoms with Gasteiger partial charge in [-0.3, -0.25) is 4.79 Å². The Labute approximate surface area is 126 Å². The molecular formula is C17H23N3O. The van der Waals surface area contributed by atoms with Crippen LogP contribution in [-0.2, 0) is 4.79 Å². The Kier molecular flexibility index (Phi) is 4.34. The number of rotatable bonds is 2. The van der Waals surface area contributed by atoms with Gasteiger partial charge in [0, 0.05) is 17.6 Å². The van der Waals surface area contributed by atoms with Crippen LogP contribution < -0.4 is 11.1 Å². The van der Waals surface area contributed by atoms with Gasteiger partial charge in [0.2, 0.25) is 5.91 Å². The molecule has 0 heterocycles. The minimum atomic E-state index is -0.117. The predicted molar refractivity (Wildman–Crippen MR) is 83.4 cm³/mol. The van der Waals surface area contributed by atoms with Gasteiger partial charge >= 0.3 is 0 Å². The number of carbonyl (C=O) groups excluding carboxylic acids is 1. The number of carbonyl (C=O) groups is 1. The molecule has 1 aliphatic rings. The number of benzene rings is 1. The first kappa shape index (κ1) is 15.5. The van der Waals surface area contributed by atoms with Crippen molar-refractivity contribution in [3.8, 4) is 6.07 Å². The van der Waals surface area contributed by atoms with Gasteiger partial charge in [-0.2, -0.15) is 5.26 Å². The molecule has 1 fully saturated rings. The maximum Gasteiger partial charge on any atom is 0.228 e. The van der Waals surface area contributed by atoms with E-state index in [4.69, 9.17) is 11.0 Å². The Hall–Kier alpha value is -1.86. The van der Waals surface area contributed by atoms with Crippen LogP contribution in [0.1, 0.15) is 39.2 Å². The largest absolute Gasteiger partial charge is 0.327 e. The molecule has 1 aromatic carbocycles. The monoisotopic (exact) mass is 285 g/mol. The van der Waals surface area contributed by atoms with Crippen molar-refractivity contribution in [2.75, 3.05) is 5.32 Å². The van der Waals surface area contributed by atoms with E-state index in [1.54, 1.807) is 24.3 Å². The summed E-state index contributed by atoms with van der Waals surface area (Å²) in [6.45, 7) is 6.38. The summed E-state index contributed by atoms with van der Waals surface area (Å²) in [5.41, 5.74) is 7.34. The van der Waals surface area contributed by atoms with Crippen LogP contribution in [0.2, 0.25) is 0 Å². The molecule has 4 nitrogen and oxygen atoms in total. The third kappa shape index (κ3) is 3.08. The number of anilines is 1. The molecular weight excluding hydrogens is 262 g/mol. The Balaban J connectivity index is 2.10. The molecule has 2 rings (SSSR count). The van der Waals surface area contributed by atoms with Crippen LogP contribution in [0.4, 0.5) is 5.69 Å². The molecule has 3 N–H and O–H groups in total. The van der Waals surface area contributed by atoms with Crippen LogP contribution in [0.5, 0.6) is 0 Å². The Morgan fingerprint density at radius 3 is 2.52 bits per heavy atom. The first-order valence-corrected chi connectivity index (χ1v) is 7.43. The molecule has 1 saturated carbocycles. The van der Waals surface area contributed by atoms with E-state index in [2.05, 4.69) is 32.2 Å². The summed E-state index contributed by atoms with van der Waals surface area (Å²) < 4.78 is 0. The van der Waals surface area contributed by atoms with E-state index in [0.29, 0.717) is 11.5 Å². The lowest BCUT2D eigenvalue weighted by atomic mass is 9.61. The van der Waals surface area contributed by atoms with Gasteiger partial charge in [-0.25, -0.2) is 0 Å². The molecule has 0 saturated heterocycles. The van der Waals surface area contributed by atoms with E-state index < -0.39 is 0 Å². The van der Waals surface area contributed by atoms with Crippen molar-refractivity contribution in [3.05, 3.63) is 29.8 Å². The summed E-state index contributed by atoms with van der Waals surface area (Å²) >= 11 is 0. The highest BCUT2D eigenvalue weighted by Gasteiger charge is 2.44. The highest BCUT2D eigenvalue weighted by molar-refractivity contribution is 5.93. The zero-order chi connectivity index (χ0) is 15.6. The fourth-order valence-corrected chi connectivity index (χ4v) is 3.18. The highest BCUT2D eigenvalue weighted by atomic mass is 16.1. The third-order valence-electron chi connectivity index (χ3n) is 5.10. The number of nitrogens with one attached hydrogen (secondary N) is 1. The van der Waals surface area contributed by atoms with Gasteiger partial charge in [0.15, 0.2) is 0 Å². The summed E-state index contributed by atoms with van der Waals surface area (Å²) in [7, 11) is 0. The van der Waals surface area contributed by atoms with Crippen LogP contribution in [0, 0.1) is 28.6 Å². The standard InChI is InChI=1S/C17H23N3O/c1-11-15(19)9-8-14(17(11,2)3)16(21)20-13-6-4-12(10-18)5-7-13/h4-7,11,14-15H,8-9,19H2,1-3H3,(H,20,21). The van der Waals surface area contributed by atoms with Crippen molar-refractivity contribution >= 4 is 11.6 Å². The van der Waals surface area contributed by atoms with Crippen molar-refractivity contribution in [2.24, 2.45) is 23.0 Å². The fourth-order valence-electron chi connectivity index (χ4n) is 3.18. The van der Waals surface area contributed by atoms with E-state index in [1.807, 2.05) is 0 Å². The Morgan fingerprint density at radius 2 is 1.95 bits per heavy atom. The topological polar surface area (TPSA) is 78.9 Å². The van der Waals surface area contributed by atoms with Gasteiger partial charge in [-0.05, 0) is 48.4 Å². The quantitative estimate of drug-likeness (QED) is 0.877. The number of nitrogens with zero attached hydrogens (tertiary/aromatic N) is 1. The van der Waals surface area contributed by atoms with Gasteiger partial charge in [-0.15, -0.1) is 0 Å². The smallest absolute Gasteiger partial charge is 0.228 e. The number of amides is 1. The predicted octanol–water partition coefficient (Wildman–Crippen LogP) is 2.90. The molecule has 0 spiro atoms. The second kappa shape index (κ2) is 5.87. The second-order valence-corrected chi connectivity index (χ2v) is 6.58. The van der Waals surface area contributed by atoms with Crippen molar-refractivity contribution in [3.63, 3.8) is 0 Å². The minimum absolute atomic E-state index is 0.0389. The zero-order valence-corrected chi connectivity index (χ0v) is 12.9. The van der Waals surface area contributed by atoms with Crippen molar-refractivity contribution in [2.45, 2.75) is 39.7 Å². The Morgan fingerprint density at radius 1 is 1.33 bits per heavy atom. The number of nitriles is 1. The van der Waals surface area contributed by atoms with Gasteiger partial charge in [0.05, 0.1) is 11.6 Å². The van der Waals surface area contributed by atoms with Crippen LogP contribution in [0.25, 0.3) is 0 Å². The second-order valence-electron chi connectivity index (χ2n) is 6.58. The molecule has 0 aliphatic heterocycles. The summed E-state index contributed by atoms with van der Waals surface area (Å²) in [4.78, 5) is 12.6. The summed E-state index contributed by atoms with van der Waals surface area (Å²) in [6, 6.07) is 9.18. The molecule has 1 aromatic rings. The van der Waals surface area contributed by atoms with Crippen LogP contribution >= 0.6 is 0 Å². The molecule has 4 heteroatoms. The zero-order valence-electron chi connectivity index (χ0n) is 12.9. The highest BCUT2D eigenvalue weighted by Crippen LogP contribution is 2.44. The molecule has 0 radical (unpaired) electrons. The maximum absolute atomic E-state index is 12.6. The van der Waals surface area contributed by atoms with Crippen molar-refractivity contribution < 1.29 is 4.79 Å². The van der Waals surface area contributed by atoms with E-state index in [9.17, 15) is 4.79 Å². The number of nitrogens with two attached hydrogens (primary N) is 1. The van der Waals surface area contributed by atoms with Gasteiger partial charge < -0.3 is 11.1 Å². The first-order chi connectivity index (χ1) is 9.86.